The van der Waals surface area contributed by atoms with Crippen molar-refractivity contribution < 1.29 is 9.53 Å². The number of hydrogen-bond acceptors (Lipinski definition) is 5. The second-order valence-corrected chi connectivity index (χ2v) is 7.68. The summed E-state index contributed by atoms with van der Waals surface area (Å²) in [6.07, 6.45) is 3.27. The largest absolute Gasteiger partial charge is 0.497 e. The summed E-state index contributed by atoms with van der Waals surface area (Å²) in [6, 6.07) is 15.8. The van der Waals surface area contributed by atoms with E-state index in [-0.39, 0.29) is 24.4 Å². The van der Waals surface area contributed by atoms with Crippen molar-refractivity contribution in [2.75, 3.05) is 26.7 Å². The molecule has 0 aliphatic carbocycles. The van der Waals surface area contributed by atoms with Gasteiger partial charge in [0.2, 0.25) is 0 Å². The van der Waals surface area contributed by atoms with E-state index < -0.39 is 0 Å². The second-order valence-electron chi connectivity index (χ2n) is 7.68. The first-order valence-electron chi connectivity index (χ1n) is 9.85. The summed E-state index contributed by atoms with van der Waals surface area (Å²) in [5.74, 6) is 1.79. The van der Waals surface area contributed by atoms with E-state index in [4.69, 9.17) is 4.74 Å². The summed E-state index contributed by atoms with van der Waals surface area (Å²) >= 11 is 0. The molecule has 2 aromatic carbocycles. The summed E-state index contributed by atoms with van der Waals surface area (Å²) in [4.78, 5) is 15.6. The van der Waals surface area contributed by atoms with E-state index in [1.807, 2.05) is 41.3 Å². The molecule has 2 aliphatic rings. The number of halogens is 1. The Morgan fingerprint density at radius 2 is 1.87 bits per heavy atom. The molecule has 2 aliphatic heterocycles. The van der Waals surface area contributed by atoms with Gasteiger partial charge in [0.05, 0.1) is 13.2 Å². The number of carbonyl (C=O) groups excluding carboxylic acids is 1. The normalized spacial score (nSPS) is 22.4. The molecular weight excluding hydrogens is 402 g/mol. The lowest BCUT2D eigenvalue weighted by atomic mass is 9.89. The maximum atomic E-state index is 13.5. The van der Waals surface area contributed by atoms with Gasteiger partial charge in [0, 0.05) is 36.8 Å². The molecule has 0 saturated carbocycles. The lowest BCUT2D eigenvalue weighted by molar-refractivity contribution is 0.0714. The molecule has 0 spiro atoms. The highest BCUT2D eigenvalue weighted by Gasteiger charge is 2.46. The van der Waals surface area contributed by atoms with Crippen LogP contribution in [0.3, 0.4) is 0 Å². The molecule has 1 aromatic heterocycles. The molecule has 5 rings (SSSR count). The molecule has 1 amide bonds. The SMILES string of the molecule is COc1ccc([C@@H]2[C@H]3CNC[C@H]3CN2C(=O)c2cccc(-n3cnnc3)c2)cc1.Cl. The Kier molecular flexibility index (Phi) is 5.74. The number of ether oxygens (including phenoxy) is 1. The van der Waals surface area contributed by atoms with Crippen molar-refractivity contribution in [3.8, 4) is 11.4 Å². The molecule has 3 atom stereocenters. The summed E-state index contributed by atoms with van der Waals surface area (Å²) < 4.78 is 7.11. The lowest BCUT2D eigenvalue weighted by Gasteiger charge is -2.29. The van der Waals surface area contributed by atoms with Gasteiger partial charge in [0.1, 0.15) is 18.4 Å². The van der Waals surface area contributed by atoms with Crippen LogP contribution in [0.2, 0.25) is 0 Å². The molecule has 3 heterocycles. The number of carbonyl (C=O) groups is 1. The van der Waals surface area contributed by atoms with Crippen molar-refractivity contribution in [3.63, 3.8) is 0 Å². The van der Waals surface area contributed by atoms with Crippen molar-refractivity contribution in [2.24, 2.45) is 11.8 Å². The van der Waals surface area contributed by atoms with Crippen LogP contribution in [0.4, 0.5) is 0 Å². The Morgan fingerprint density at radius 1 is 1.10 bits per heavy atom. The van der Waals surface area contributed by atoms with Crippen LogP contribution in [0.15, 0.2) is 61.2 Å². The Bertz CT molecular complexity index is 1010. The summed E-state index contributed by atoms with van der Waals surface area (Å²) in [6.45, 7) is 2.66. The van der Waals surface area contributed by atoms with Gasteiger partial charge in [0.15, 0.2) is 0 Å². The van der Waals surface area contributed by atoms with E-state index in [0.29, 0.717) is 17.4 Å². The molecule has 0 bridgehead atoms. The number of fused-ring (bicyclic) bond motifs is 1. The number of aromatic nitrogens is 3. The van der Waals surface area contributed by atoms with Crippen molar-refractivity contribution >= 4 is 18.3 Å². The highest BCUT2D eigenvalue weighted by Crippen LogP contribution is 2.43. The first-order valence-corrected chi connectivity index (χ1v) is 9.85. The Morgan fingerprint density at radius 3 is 2.60 bits per heavy atom. The fourth-order valence-electron chi connectivity index (χ4n) is 4.66. The number of nitrogens with zero attached hydrogens (tertiary/aromatic N) is 4. The molecule has 30 heavy (non-hydrogen) atoms. The predicted octanol–water partition coefficient (Wildman–Crippen LogP) is 2.73. The zero-order valence-corrected chi connectivity index (χ0v) is 17.5. The Hall–Kier alpha value is -2.90. The zero-order chi connectivity index (χ0) is 19.8. The third-order valence-electron chi connectivity index (χ3n) is 6.09. The minimum atomic E-state index is 0. The van der Waals surface area contributed by atoms with Gasteiger partial charge in [0.25, 0.3) is 5.91 Å². The maximum absolute atomic E-state index is 13.5. The quantitative estimate of drug-likeness (QED) is 0.695. The first kappa shape index (κ1) is 20.4. The van der Waals surface area contributed by atoms with Gasteiger partial charge in [-0.25, -0.2) is 0 Å². The van der Waals surface area contributed by atoms with Crippen LogP contribution in [-0.4, -0.2) is 52.3 Å². The fraction of sp³-hybridized carbons (Fsp3) is 0.318. The number of methoxy groups -OCH3 is 1. The van der Waals surface area contributed by atoms with Gasteiger partial charge in [-0.3, -0.25) is 9.36 Å². The van der Waals surface area contributed by atoms with Crippen molar-refractivity contribution in [1.82, 2.24) is 25.0 Å². The molecule has 8 heteroatoms. The van der Waals surface area contributed by atoms with E-state index in [2.05, 4.69) is 27.6 Å². The van der Waals surface area contributed by atoms with E-state index in [1.54, 1.807) is 24.3 Å². The number of rotatable bonds is 4. The fourth-order valence-corrected chi connectivity index (χ4v) is 4.66. The van der Waals surface area contributed by atoms with Crippen LogP contribution in [-0.2, 0) is 0 Å². The molecule has 156 valence electrons. The van der Waals surface area contributed by atoms with Gasteiger partial charge < -0.3 is 15.0 Å². The van der Waals surface area contributed by atoms with Crippen molar-refractivity contribution in [2.45, 2.75) is 6.04 Å². The van der Waals surface area contributed by atoms with Crippen molar-refractivity contribution in [1.29, 1.82) is 0 Å². The number of likely N-dealkylation sites (tertiary alicyclic amines) is 1. The van der Waals surface area contributed by atoms with Crippen LogP contribution < -0.4 is 10.1 Å². The monoisotopic (exact) mass is 425 g/mol. The molecule has 7 nitrogen and oxygen atoms in total. The highest BCUT2D eigenvalue weighted by molar-refractivity contribution is 5.95. The number of hydrogen-bond donors (Lipinski definition) is 1. The number of benzene rings is 2. The van der Waals surface area contributed by atoms with E-state index in [0.717, 1.165) is 36.6 Å². The van der Waals surface area contributed by atoms with Gasteiger partial charge in [-0.15, -0.1) is 22.6 Å². The Balaban J connectivity index is 0.00000218. The minimum Gasteiger partial charge on any atom is -0.497 e. The number of nitrogens with one attached hydrogen (secondary N) is 1. The topological polar surface area (TPSA) is 72.3 Å². The third kappa shape index (κ3) is 3.55. The molecule has 2 fully saturated rings. The molecular formula is C22H24ClN5O2. The predicted molar refractivity (Wildman–Crippen MR) is 115 cm³/mol. The zero-order valence-electron chi connectivity index (χ0n) is 16.6. The van der Waals surface area contributed by atoms with Crippen LogP contribution >= 0.6 is 12.4 Å². The molecule has 3 aromatic rings. The van der Waals surface area contributed by atoms with Crippen LogP contribution in [0.25, 0.3) is 5.69 Å². The minimum absolute atomic E-state index is 0. The van der Waals surface area contributed by atoms with E-state index in [9.17, 15) is 4.79 Å². The van der Waals surface area contributed by atoms with Gasteiger partial charge in [-0.05, 0) is 41.8 Å². The summed E-state index contributed by atoms with van der Waals surface area (Å²) in [5.41, 5.74) is 2.72. The highest BCUT2D eigenvalue weighted by atomic mass is 35.5. The van der Waals surface area contributed by atoms with Crippen LogP contribution in [0.1, 0.15) is 22.0 Å². The summed E-state index contributed by atoms with van der Waals surface area (Å²) in [7, 11) is 1.67. The maximum Gasteiger partial charge on any atom is 0.254 e. The van der Waals surface area contributed by atoms with Gasteiger partial charge >= 0.3 is 0 Å². The molecule has 1 N–H and O–H groups in total. The van der Waals surface area contributed by atoms with Crippen LogP contribution in [0.5, 0.6) is 5.75 Å². The summed E-state index contributed by atoms with van der Waals surface area (Å²) in [5, 5.41) is 11.2. The van der Waals surface area contributed by atoms with Crippen molar-refractivity contribution in [3.05, 3.63) is 72.3 Å². The standard InChI is InChI=1S/C22H23N5O2.ClH/c1-29-19-7-5-15(6-8-19)21-20-11-23-10-17(20)12-27(21)22(28)16-3-2-4-18(9-16)26-13-24-25-14-26;/h2-9,13-14,17,20-21,23H,10-12H2,1H3;1H/t17-,20-,21+;/m0./s1. The van der Waals surface area contributed by atoms with Crippen LogP contribution in [0, 0.1) is 11.8 Å². The van der Waals surface area contributed by atoms with Gasteiger partial charge in [-0.2, -0.15) is 0 Å². The Labute approximate surface area is 181 Å². The lowest BCUT2D eigenvalue weighted by Crippen LogP contribution is -2.34. The molecule has 0 radical (unpaired) electrons. The van der Waals surface area contributed by atoms with E-state index >= 15 is 0 Å². The molecule has 2 saturated heterocycles. The smallest absolute Gasteiger partial charge is 0.254 e. The second kappa shape index (κ2) is 8.45. The molecule has 0 unspecified atom stereocenters. The number of amides is 1. The first-order chi connectivity index (χ1) is 14.2. The van der Waals surface area contributed by atoms with E-state index in [1.165, 1.54) is 0 Å². The average Bonchev–Trinajstić information content (AvgIpc) is 3.50. The average molecular weight is 426 g/mol. The third-order valence-corrected chi connectivity index (χ3v) is 6.09. The van der Waals surface area contributed by atoms with Gasteiger partial charge in [-0.1, -0.05) is 18.2 Å².